The van der Waals surface area contributed by atoms with Gasteiger partial charge in [-0.05, 0) is 54.4 Å². The second-order valence-corrected chi connectivity index (χ2v) is 8.86. The molecular formula is C23H22N6OS2. The molecule has 0 atom stereocenters. The number of para-hydroxylation sites is 1. The van der Waals surface area contributed by atoms with Crippen molar-refractivity contribution in [1.29, 1.82) is 0 Å². The lowest BCUT2D eigenvalue weighted by atomic mass is 10.0. The summed E-state index contributed by atoms with van der Waals surface area (Å²) in [5.74, 6) is 0.891. The van der Waals surface area contributed by atoms with Crippen molar-refractivity contribution in [1.82, 2.24) is 25.1 Å². The number of rotatable bonds is 5. The Morgan fingerprint density at radius 2 is 1.88 bits per heavy atom. The molecule has 0 spiro atoms. The SMILES string of the molecule is Cc1nnc2sc(-c3ccccc3NC(=S)NC(=O)/C=C/c3ccc(C(C)C)cc3)nn12. The van der Waals surface area contributed by atoms with Crippen LogP contribution in [0.2, 0.25) is 0 Å². The number of anilines is 1. The van der Waals surface area contributed by atoms with Crippen LogP contribution in [0.25, 0.3) is 21.6 Å². The van der Waals surface area contributed by atoms with Crippen LogP contribution < -0.4 is 10.6 Å². The molecule has 32 heavy (non-hydrogen) atoms. The van der Waals surface area contributed by atoms with Crippen LogP contribution in [0.3, 0.4) is 0 Å². The maximum Gasteiger partial charge on any atom is 0.250 e. The van der Waals surface area contributed by atoms with Crippen molar-refractivity contribution in [2.45, 2.75) is 26.7 Å². The van der Waals surface area contributed by atoms with E-state index in [1.807, 2.05) is 43.3 Å². The standard InChI is InChI=1S/C23H22N6OS2/c1-14(2)17-11-8-16(9-12-17)10-13-20(30)25-22(31)24-19-7-5-4-6-18(19)21-28-29-15(3)26-27-23(29)32-21/h4-14H,1-3H3,(H2,24,25,30,31)/b13-10+. The normalized spacial score (nSPS) is 11.4. The number of carbonyl (C=O) groups excluding carboxylic acids is 1. The minimum absolute atomic E-state index is 0.210. The average molecular weight is 463 g/mol. The lowest BCUT2D eigenvalue weighted by Crippen LogP contribution is -2.32. The van der Waals surface area contributed by atoms with Crippen LogP contribution in [0.4, 0.5) is 5.69 Å². The number of aryl methyl sites for hydroxylation is 1. The number of hydrogen-bond acceptors (Lipinski definition) is 6. The third kappa shape index (κ3) is 4.90. The Morgan fingerprint density at radius 1 is 1.12 bits per heavy atom. The molecule has 2 N–H and O–H groups in total. The third-order valence-corrected chi connectivity index (χ3v) is 5.96. The Balaban J connectivity index is 1.42. The van der Waals surface area contributed by atoms with E-state index in [0.717, 1.165) is 32.6 Å². The lowest BCUT2D eigenvalue weighted by Gasteiger charge is -2.11. The summed E-state index contributed by atoms with van der Waals surface area (Å²) in [4.78, 5) is 13.0. The van der Waals surface area contributed by atoms with Crippen LogP contribution >= 0.6 is 23.6 Å². The number of benzene rings is 2. The number of hydrogen-bond donors (Lipinski definition) is 2. The number of nitrogens with one attached hydrogen (secondary N) is 2. The molecule has 0 aliphatic carbocycles. The van der Waals surface area contributed by atoms with Crippen molar-refractivity contribution in [3.05, 3.63) is 71.6 Å². The van der Waals surface area contributed by atoms with Crippen molar-refractivity contribution in [3.8, 4) is 10.6 Å². The maximum atomic E-state index is 12.3. The molecule has 0 aliphatic rings. The van der Waals surface area contributed by atoms with Crippen molar-refractivity contribution in [3.63, 3.8) is 0 Å². The van der Waals surface area contributed by atoms with Crippen molar-refractivity contribution in [2.75, 3.05) is 5.32 Å². The fourth-order valence-electron chi connectivity index (χ4n) is 3.07. The number of carbonyl (C=O) groups is 1. The minimum Gasteiger partial charge on any atom is -0.332 e. The Hall–Kier alpha value is -3.43. The summed E-state index contributed by atoms with van der Waals surface area (Å²) in [6, 6.07) is 15.8. The molecule has 0 unspecified atom stereocenters. The first-order valence-corrected chi connectivity index (χ1v) is 11.3. The van der Waals surface area contributed by atoms with Crippen LogP contribution in [0.15, 0.2) is 54.6 Å². The van der Waals surface area contributed by atoms with Crippen LogP contribution in [-0.4, -0.2) is 30.8 Å². The fourth-order valence-corrected chi connectivity index (χ4v) is 4.21. The van der Waals surface area contributed by atoms with E-state index in [2.05, 4.69) is 51.9 Å². The number of fused-ring (bicyclic) bond motifs is 1. The van der Waals surface area contributed by atoms with Crippen LogP contribution in [-0.2, 0) is 4.79 Å². The van der Waals surface area contributed by atoms with Crippen LogP contribution in [0.1, 0.15) is 36.7 Å². The number of amides is 1. The number of thiocarbonyl (C=S) groups is 1. The van der Waals surface area contributed by atoms with Gasteiger partial charge in [-0.15, -0.1) is 10.2 Å². The molecular weight excluding hydrogens is 440 g/mol. The zero-order chi connectivity index (χ0) is 22.7. The highest BCUT2D eigenvalue weighted by Gasteiger charge is 2.14. The summed E-state index contributed by atoms with van der Waals surface area (Å²) in [6.45, 7) is 6.15. The quantitative estimate of drug-likeness (QED) is 0.327. The summed E-state index contributed by atoms with van der Waals surface area (Å²) in [5, 5.41) is 19.5. The van der Waals surface area contributed by atoms with Gasteiger partial charge in [0.2, 0.25) is 10.9 Å². The second kappa shape index (κ2) is 9.37. The first kappa shape index (κ1) is 21.8. The predicted molar refractivity (Wildman–Crippen MR) is 133 cm³/mol. The van der Waals surface area contributed by atoms with Gasteiger partial charge < -0.3 is 5.32 Å². The van der Waals surface area contributed by atoms with Crippen molar-refractivity contribution < 1.29 is 4.79 Å². The van der Waals surface area contributed by atoms with E-state index in [4.69, 9.17) is 12.2 Å². The van der Waals surface area contributed by atoms with Gasteiger partial charge in [-0.25, -0.2) is 0 Å². The maximum absolute atomic E-state index is 12.3. The fraction of sp³-hybridized carbons (Fsp3) is 0.174. The van der Waals surface area contributed by atoms with Gasteiger partial charge in [-0.2, -0.15) is 9.61 Å². The molecule has 2 aromatic carbocycles. The Labute approximate surface area is 195 Å². The van der Waals surface area contributed by atoms with Crippen LogP contribution in [0, 0.1) is 6.92 Å². The zero-order valence-electron chi connectivity index (χ0n) is 17.9. The first-order valence-electron chi connectivity index (χ1n) is 10.1. The van der Waals surface area contributed by atoms with Gasteiger partial charge in [0.25, 0.3) is 0 Å². The van der Waals surface area contributed by atoms with E-state index in [-0.39, 0.29) is 11.0 Å². The molecule has 2 heterocycles. The minimum atomic E-state index is -0.303. The van der Waals surface area contributed by atoms with Gasteiger partial charge in [0, 0.05) is 11.6 Å². The molecule has 0 saturated carbocycles. The van der Waals surface area contributed by atoms with E-state index >= 15 is 0 Å². The molecule has 0 fully saturated rings. The van der Waals surface area contributed by atoms with E-state index in [9.17, 15) is 4.79 Å². The van der Waals surface area contributed by atoms with Crippen molar-refractivity contribution >= 4 is 51.3 Å². The molecule has 0 bridgehead atoms. The second-order valence-electron chi connectivity index (χ2n) is 7.49. The molecule has 4 rings (SSSR count). The molecule has 162 valence electrons. The summed E-state index contributed by atoms with van der Waals surface area (Å²) in [7, 11) is 0. The van der Waals surface area contributed by atoms with Crippen LogP contribution in [0.5, 0.6) is 0 Å². The number of aromatic nitrogens is 4. The van der Waals surface area contributed by atoms with Gasteiger partial charge in [0.05, 0.1) is 5.69 Å². The Morgan fingerprint density at radius 3 is 2.59 bits per heavy atom. The van der Waals surface area contributed by atoms with E-state index < -0.39 is 0 Å². The van der Waals surface area contributed by atoms with Gasteiger partial charge in [-0.3, -0.25) is 10.1 Å². The lowest BCUT2D eigenvalue weighted by molar-refractivity contribution is -0.115. The zero-order valence-corrected chi connectivity index (χ0v) is 19.5. The topological polar surface area (TPSA) is 84.2 Å². The molecule has 4 aromatic rings. The highest BCUT2D eigenvalue weighted by Crippen LogP contribution is 2.31. The van der Waals surface area contributed by atoms with Gasteiger partial charge in [0.1, 0.15) is 5.01 Å². The Bertz CT molecular complexity index is 1300. The highest BCUT2D eigenvalue weighted by molar-refractivity contribution is 7.80. The molecule has 0 radical (unpaired) electrons. The van der Waals surface area contributed by atoms with Crippen molar-refractivity contribution in [2.24, 2.45) is 0 Å². The third-order valence-electron chi connectivity index (χ3n) is 4.82. The predicted octanol–water partition coefficient (Wildman–Crippen LogP) is 4.81. The molecule has 2 aromatic heterocycles. The van der Waals surface area contributed by atoms with Gasteiger partial charge in [0.15, 0.2) is 10.9 Å². The molecule has 1 amide bonds. The van der Waals surface area contributed by atoms with E-state index in [1.165, 1.54) is 23.0 Å². The average Bonchev–Trinajstić information content (AvgIpc) is 3.35. The monoisotopic (exact) mass is 462 g/mol. The molecule has 7 nitrogen and oxygen atoms in total. The molecule has 0 aliphatic heterocycles. The largest absolute Gasteiger partial charge is 0.332 e. The molecule has 0 saturated heterocycles. The summed E-state index contributed by atoms with van der Waals surface area (Å²) < 4.78 is 1.70. The summed E-state index contributed by atoms with van der Waals surface area (Å²) in [5.41, 5.74) is 3.82. The molecule has 9 heteroatoms. The summed E-state index contributed by atoms with van der Waals surface area (Å²) in [6.07, 6.45) is 3.23. The van der Waals surface area contributed by atoms with Gasteiger partial charge in [-0.1, -0.05) is 61.6 Å². The summed E-state index contributed by atoms with van der Waals surface area (Å²) >= 11 is 6.78. The Kier molecular flexibility index (Phi) is 6.38. The number of nitrogens with zero attached hydrogens (tertiary/aromatic N) is 4. The van der Waals surface area contributed by atoms with E-state index in [0.29, 0.717) is 5.92 Å². The van der Waals surface area contributed by atoms with E-state index in [1.54, 1.807) is 10.6 Å². The smallest absolute Gasteiger partial charge is 0.250 e. The first-order chi connectivity index (χ1) is 15.4. The van der Waals surface area contributed by atoms with Gasteiger partial charge >= 0.3 is 0 Å². The highest BCUT2D eigenvalue weighted by atomic mass is 32.1.